The second-order valence-corrected chi connectivity index (χ2v) is 3.81. The van der Waals surface area contributed by atoms with Crippen LogP contribution < -0.4 is 15.8 Å². The minimum Gasteiger partial charge on any atom is -0.467 e. The fourth-order valence-corrected chi connectivity index (χ4v) is 1.46. The summed E-state index contributed by atoms with van der Waals surface area (Å²) in [5.74, 6) is -0.851. The molecule has 1 atom stereocenters. The summed E-state index contributed by atoms with van der Waals surface area (Å²) in [7, 11) is 0. The van der Waals surface area contributed by atoms with Crippen LogP contribution in [0.3, 0.4) is 0 Å². The Labute approximate surface area is 92.9 Å². The number of hydrogen-bond acceptors (Lipinski definition) is 4. The Morgan fingerprint density at radius 1 is 1.67 bits per heavy atom. The number of carbonyl (C=O) groups is 2. The van der Waals surface area contributed by atoms with Crippen molar-refractivity contribution in [2.24, 2.45) is 5.73 Å². The van der Waals surface area contributed by atoms with Gasteiger partial charge in [0, 0.05) is 10.7 Å². The number of pyridine rings is 1. The molecule has 0 bridgehead atoms. The second-order valence-electron chi connectivity index (χ2n) is 2.89. The third-order valence-electron chi connectivity index (χ3n) is 1.80. The molecule has 0 radical (unpaired) electrons. The van der Waals surface area contributed by atoms with Gasteiger partial charge in [0.05, 0.1) is 0 Å². The maximum Gasteiger partial charge on any atom is 0.276 e. The van der Waals surface area contributed by atoms with E-state index in [1.54, 1.807) is 6.07 Å². The standard InChI is InChI=1S/C8H6BrN3O3/c9-3-1-4-7(11-2-3)12-8(14)5(15-4)6(10)13/h1-2,5H,(H2,10,13)(H,11,12,14). The summed E-state index contributed by atoms with van der Waals surface area (Å²) in [5, 5.41) is 2.42. The first-order valence-electron chi connectivity index (χ1n) is 4.00. The topological polar surface area (TPSA) is 94.3 Å². The third-order valence-corrected chi connectivity index (χ3v) is 2.24. The summed E-state index contributed by atoms with van der Waals surface area (Å²) in [6.07, 6.45) is 0.209. The number of halogens is 1. The lowest BCUT2D eigenvalue weighted by Gasteiger charge is -2.22. The van der Waals surface area contributed by atoms with E-state index in [1.165, 1.54) is 6.20 Å². The lowest BCUT2D eigenvalue weighted by Crippen LogP contribution is -2.46. The third kappa shape index (κ3) is 1.78. The van der Waals surface area contributed by atoms with Crippen molar-refractivity contribution in [3.63, 3.8) is 0 Å². The number of rotatable bonds is 1. The number of aromatic nitrogens is 1. The Bertz CT molecular complexity index is 449. The van der Waals surface area contributed by atoms with Crippen LogP contribution >= 0.6 is 15.9 Å². The maximum atomic E-state index is 11.3. The van der Waals surface area contributed by atoms with E-state index in [-0.39, 0.29) is 5.82 Å². The van der Waals surface area contributed by atoms with Crippen LogP contribution in [0.1, 0.15) is 0 Å². The molecule has 3 N–H and O–H groups in total. The summed E-state index contributed by atoms with van der Waals surface area (Å²) in [4.78, 5) is 26.1. The van der Waals surface area contributed by atoms with Crippen molar-refractivity contribution in [2.75, 3.05) is 5.32 Å². The Morgan fingerprint density at radius 2 is 2.40 bits per heavy atom. The molecule has 2 amide bonds. The van der Waals surface area contributed by atoms with Crippen molar-refractivity contribution in [3.05, 3.63) is 16.7 Å². The molecule has 6 nitrogen and oxygen atoms in total. The molecule has 0 saturated carbocycles. The fraction of sp³-hybridized carbons (Fsp3) is 0.125. The van der Waals surface area contributed by atoms with E-state index < -0.39 is 17.9 Å². The zero-order valence-electron chi connectivity index (χ0n) is 7.36. The number of amides is 2. The molecule has 2 rings (SSSR count). The summed E-state index contributed by atoms with van der Waals surface area (Å²) < 4.78 is 5.79. The fourth-order valence-electron chi connectivity index (χ4n) is 1.15. The summed E-state index contributed by atoms with van der Waals surface area (Å²) >= 11 is 3.19. The van der Waals surface area contributed by atoms with Gasteiger partial charge in [-0.1, -0.05) is 0 Å². The average molecular weight is 272 g/mol. The van der Waals surface area contributed by atoms with Gasteiger partial charge in [0.15, 0.2) is 11.6 Å². The van der Waals surface area contributed by atoms with Crippen LogP contribution in [0.5, 0.6) is 5.75 Å². The second kappa shape index (κ2) is 3.50. The molecular weight excluding hydrogens is 266 g/mol. The van der Waals surface area contributed by atoms with Gasteiger partial charge >= 0.3 is 0 Å². The molecule has 1 aliphatic heterocycles. The molecule has 1 unspecified atom stereocenters. The van der Waals surface area contributed by atoms with Crippen LogP contribution in [-0.4, -0.2) is 22.9 Å². The molecule has 0 aliphatic carbocycles. The van der Waals surface area contributed by atoms with Crippen LogP contribution in [0.25, 0.3) is 0 Å². The minimum absolute atomic E-state index is 0.278. The van der Waals surface area contributed by atoms with Gasteiger partial charge in [-0.15, -0.1) is 0 Å². The highest BCUT2D eigenvalue weighted by atomic mass is 79.9. The Hall–Kier alpha value is -1.63. The first-order chi connectivity index (χ1) is 7.08. The van der Waals surface area contributed by atoms with Crippen LogP contribution in [0.4, 0.5) is 5.82 Å². The number of anilines is 1. The normalized spacial score (nSPS) is 18.7. The maximum absolute atomic E-state index is 11.3. The molecule has 0 spiro atoms. The molecule has 0 aromatic carbocycles. The molecule has 2 heterocycles. The summed E-state index contributed by atoms with van der Waals surface area (Å²) in [5.41, 5.74) is 5.00. The van der Waals surface area contributed by atoms with Crippen LogP contribution in [0, 0.1) is 0 Å². The van der Waals surface area contributed by atoms with Gasteiger partial charge in [0.25, 0.3) is 17.9 Å². The van der Waals surface area contributed by atoms with Crippen LogP contribution in [-0.2, 0) is 9.59 Å². The molecule has 1 aromatic heterocycles. The number of primary amides is 1. The van der Waals surface area contributed by atoms with Crippen molar-refractivity contribution in [1.82, 2.24) is 4.98 Å². The zero-order valence-corrected chi connectivity index (χ0v) is 8.95. The van der Waals surface area contributed by atoms with E-state index in [0.717, 1.165) is 0 Å². The molecule has 78 valence electrons. The highest BCUT2D eigenvalue weighted by Gasteiger charge is 2.32. The number of fused-ring (bicyclic) bond motifs is 1. The number of hydrogen-bond donors (Lipinski definition) is 2. The largest absolute Gasteiger partial charge is 0.467 e. The molecule has 0 fully saturated rings. The molecule has 1 aromatic rings. The predicted molar refractivity (Wildman–Crippen MR) is 54.2 cm³/mol. The highest BCUT2D eigenvalue weighted by Crippen LogP contribution is 2.29. The summed E-state index contributed by atoms with van der Waals surface area (Å²) in [6.45, 7) is 0. The van der Waals surface area contributed by atoms with Crippen molar-refractivity contribution >= 4 is 33.6 Å². The van der Waals surface area contributed by atoms with E-state index in [4.69, 9.17) is 10.5 Å². The highest BCUT2D eigenvalue weighted by molar-refractivity contribution is 9.10. The molecule has 7 heteroatoms. The molecule has 0 saturated heterocycles. The van der Waals surface area contributed by atoms with E-state index in [1.807, 2.05) is 0 Å². The molecular formula is C8H6BrN3O3. The number of nitrogens with one attached hydrogen (secondary N) is 1. The van der Waals surface area contributed by atoms with Crippen LogP contribution in [0.2, 0.25) is 0 Å². The predicted octanol–water partition coefficient (Wildman–Crippen LogP) is 0.0289. The Balaban J connectivity index is 2.39. The molecule has 1 aliphatic rings. The van der Waals surface area contributed by atoms with Gasteiger partial charge in [0.2, 0.25) is 0 Å². The van der Waals surface area contributed by atoms with E-state index in [2.05, 4.69) is 26.2 Å². The van der Waals surface area contributed by atoms with Crippen LogP contribution in [0.15, 0.2) is 16.7 Å². The summed E-state index contributed by atoms with van der Waals surface area (Å²) in [6, 6.07) is 1.59. The average Bonchev–Trinajstić information content (AvgIpc) is 2.17. The lowest BCUT2D eigenvalue weighted by atomic mass is 10.2. The van der Waals surface area contributed by atoms with Gasteiger partial charge in [-0.3, -0.25) is 9.59 Å². The van der Waals surface area contributed by atoms with Gasteiger partial charge in [-0.2, -0.15) is 0 Å². The first-order valence-corrected chi connectivity index (χ1v) is 4.79. The number of nitrogens with zero attached hydrogens (tertiary/aromatic N) is 1. The smallest absolute Gasteiger partial charge is 0.276 e. The van der Waals surface area contributed by atoms with Gasteiger partial charge in [-0.25, -0.2) is 4.98 Å². The molecule has 15 heavy (non-hydrogen) atoms. The van der Waals surface area contributed by atoms with Crippen molar-refractivity contribution < 1.29 is 14.3 Å². The number of nitrogens with two attached hydrogens (primary N) is 1. The van der Waals surface area contributed by atoms with Crippen molar-refractivity contribution in [3.8, 4) is 5.75 Å². The SMILES string of the molecule is NC(=O)C1Oc2cc(Br)cnc2NC1=O. The number of ether oxygens (including phenoxy) is 1. The van der Waals surface area contributed by atoms with E-state index in [9.17, 15) is 9.59 Å². The lowest BCUT2D eigenvalue weighted by molar-refractivity contribution is -0.135. The van der Waals surface area contributed by atoms with E-state index >= 15 is 0 Å². The Kier molecular flexibility index (Phi) is 2.31. The van der Waals surface area contributed by atoms with E-state index in [0.29, 0.717) is 10.2 Å². The van der Waals surface area contributed by atoms with Crippen molar-refractivity contribution in [2.45, 2.75) is 6.10 Å². The van der Waals surface area contributed by atoms with Gasteiger partial charge in [-0.05, 0) is 22.0 Å². The van der Waals surface area contributed by atoms with Gasteiger partial charge < -0.3 is 15.8 Å². The quantitative estimate of drug-likeness (QED) is 0.705. The van der Waals surface area contributed by atoms with Crippen molar-refractivity contribution in [1.29, 1.82) is 0 Å². The zero-order chi connectivity index (χ0) is 11.0. The van der Waals surface area contributed by atoms with Gasteiger partial charge in [0.1, 0.15) is 0 Å². The Morgan fingerprint density at radius 3 is 3.07 bits per heavy atom. The monoisotopic (exact) mass is 271 g/mol. The number of carbonyl (C=O) groups excluding carboxylic acids is 2. The minimum atomic E-state index is -1.30. The first kappa shape index (κ1) is 9.91.